The van der Waals surface area contributed by atoms with E-state index in [2.05, 4.69) is 16.4 Å². The molecule has 0 radical (unpaired) electrons. The van der Waals surface area contributed by atoms with Crippen molar-refractivity contribution in [2.24, 2.45) is 0 Å². The van der Waals surface area contributed by atoms with E-state index in [0.29, 0.717) is 17.1 Å². The summed E-state index contributed by atoms with van der Waals surface area (Å²) in [4.78, 5) is 6.42. The topological polar surface area (TPSA) is 57.9 Å². The highest BCUT2D eigenvalue weighted by Gasteiger charge is 2.08. The Kier molecular flexibility index (Phi) is 4.99. The van der Waals surface area contributed by atoms with Crippen molar-refractivity contribution in [1.29, 1.82) is 5.26 Å². The molecule has 5 heteroatoms. The minimum atomic E-state index is 0.649. The molecule has 2 aromatic carbocycles. The Hall–Kier alpha value is -2.97. The molecule has 24 heavy (non-hydrogen) atoms. The SMILES string of the molecule is CNc1ncc(Sc2ccc(C#N)cc2)cc1Oc1ccccc1. The summed E-state index contributed by atoms with van der Waals surface area (Å²) in [6, 6.07) is 21.1. The van der Waals surface area contributed by atoms with Crippen LogP contribution in [0.4, 0.5) is 5.82 Å². The van der Waals surface area contributed by atoms with E-state index in [9.17, 15) is 0 Å². The third kappa shape index (κ3) is 3.86. The van der Waals surface area contributed by atoms with Gasteiger partial charge in [0.05, 0.1) is 11.6 Å². The first-order valence-electron chi connectivity index (χ1n) is 7.37. The van der Waals surface area contributed by atoms with Gasteiger partial charge in [-0.2, -0.15) is 5.26 Å². The highest BCUT2D eigenvalue weighted by molar-refractivity contribution is 7.99. The molecule has 3 aromatic rings. The molecule has 0 fully saturated rings. The normalized spacial score (nSPS) is 10.0. The molecule has 0 aliphatic heterocycles. The van der Waals surface area contributed by atoms with E-state index in [1.807, 2.05) is 55.6 Å². The van der Waals surface area contributed by atoms with Crippen molar-refractivity contribution < 1.29 is 4.74 Å². The molecule has 1 N–H and O–H groups in total. The highest BCUT2D eigenvalue weighted by atomic mass is 32.2. The molecule has 0 aliphatic rings. The molecule has 0 saturated heterocycles. The number of hydrogen-bond acceptors (Lipinski definition) is 5. The fourth-order valence-corrected chi connectivity index (χ4v) is 2.91. The van der Waals surface area contributed by atoms with Crippen molar-refractivity contribution in [1.82, 2.24) is 4.98 Å². The molecule has 0 amide bonds. The molecule has 0 spiro atoms. The van der Waals surface area contributed by atoms with Gasteiger partial charge in [-0.25, -0.2) is 4.98 Å². The van der Waals surface area contributed by atoms with Crippen LogP contribution < -0.4 is 10.1 Å². The largest absolute Gasteiger partial charge is 0.453 e. The molecule has 0 bridgehead atoms. The van der Waals surface area contributed by atoms with Crippen LogP contribution >= 0.6 is 11.8 Å². The van der Waals surface area contributed by atoms with Crippen LogP contribution in [-0.4, -0.2) is 12.0 Å². The van der Waals surface area contributed by atoms with Crippen molar-refractivity contribution in [3.8, 4) is 17.6 Å². The number of rotatable bonds is 5. The number of nitrogens with one attached hydrogen (secondary N) is 1. The maximum atomic E-state index is 8.86. The fourth-order valence-electron chi connectivity index (χ4n) is 2.10. The van der Waals surface area contributed by atoms with Crippen molar-refractivity contribution in [3.05, 3.63) is 72.4 Å². The Balaban J connectivity index is 1.84. The minimum absolute atomic E-state index is 0.649. The molecule has 3 rings (SSSR count). The van der Waals surface area contributed by atoms with Crippen molar-refractivity contribution in [3.63, 3.8) is 0 Å². The summed E-state index contributed by atoms with van der Waals surface area (Å²) in [5.74, 6) is 2.11. The van der Waals surface area contributed by atoms with Crippen LogP contribution in [0.25, 0.3) is 0 Å². The van der Waals surface area contributed by atoms with Gasteiger partial charge in [-0.3, -0.25) is 0 Å². The van der Waals surface area contributed by atoms with Gasteiger partial charge in [0.1, 0.15) is 5.75 Å². The number of pyridine rings is 1. The Labute approximate surface area is 145 Å². The maximum absolute atomic E-state index is 8.86. The molecular formula is C19H15N3OS. The number of aromatic nitrogens is 1. The van der Waals surface area contributed by atoms with Crippen molar-refractivity contribution in [2.45, 2.75) is 9.79 Å². The Morgan fingerprint density at radius 1 is 1.04 bits per heavy atom. The predicted molar refractivity (Wildman–Crippen MR) is 95.6 cm³/mol. The molecule has 1 aromatic heterocycles. The van der Waals surface area contributed by atoms with E-state index in [1.165, 1.54) is 0 Å². The predicted octanol–water partition coefficient (Wildman–Crippen LogP) is 4.94. The van der Waals surface area contributed by atoms with Crippen LogP contribution in [0.15, 0.2) is 76.7 Å². The van der Waals surface area contributed by atoms with Gasteiger partial charge in [0.25, 0.3) is 0 Å². The zero-order valence-electron chi connectivity index (χ0n) is 13.1. The summed E-state index contributed by atoms with van der Waals surface area (Å²) in [5.41, 5.74) is 0.649. The average molecular weight is 333 g/mol. The van der Waals surface area contributed by atoms with Crippen molar-refractivity contribution >= 4 is 17.6 Å². The molecule has 4 nitrogen and oxygen atoms in total. The van der Waals surface area contributed by atoms with Gasteiger partial charge in [0.15, 0.2) is 11.6 Å². The van der Waals surface area contributed by atoms with Crippen LogP contribution in [0.1, 0.15) is 5.56 Å². The zero-order chi connectivity index (χ0) is 16.8. The Bertz CT molecular complexity index is 858. The quantitative estimate of drug-likeness (QED) is 0.717. The van der Waals surface area contributed by atoms with Crippen LogP contribution in [0, 0.1) is 11.3 Å². The molecule has 0 atom stereocenters. The van der Waals surface area contributed by atoms with E-state index >= 15 is 0 Å². The van der Waals surface area contributed by atoms with Gasteiger partial charge in [0, 0.05) is 29.1 Å². The Morgan fingerprint density at radius 3 is 2.46 bits per heavy atom. The van der Waals surface area contributed by atoms with Gasteiger partial charge < -0.3 is 10.1 Å². The smallest absolute Gasteiger partial charge is 0.170 e. The van der Waals surface area contributed by atoms with Gasteiger partial charge in [-0.1, -0.05) is 30.0 Å². The summed E-state index contributed by atoms with van der Waals surface area (Å²) < 4.78 is 5.93. The number of hydrogen-bond donors (Lipinski definition) is 1. The van der Waals surface area contributed by atoms with Gasteiger partial charge in [-0.05, 0) is 36.4 Å². The zero-order valence-corrected chi connectivity index (χ0v) is 13.9. The lowest BCUT2D eigenvalue weighted by atomic mass is 10.2. The lowest BCUT2D eigenvalue weighted by molar-refractivity contribution is 0.481. The maximum Gasteiger partial charge on any atom is 0.170 e. The summed E-state index contributed by atoms with van der Waals surface area (Å²) >= 11 is 1.57. The first-order valence-corrected chi connectivity index (χ1v) is 8.19. The van der Waals surface area contributed by atoms with E-state index in [1.54, 1.807) is 30.1 Å². The number of anilines is 1. The van der Waals surface area contributed by atoms with E-state index in [-0.39, 0.29) is 0 Å². The van der Waals surface area contributed by atoms with E-state index < -0.39 is 0 Å². The highest BCUT2D eigenvalue weighted by Crippen LogP contribution is 2.34. The number of benzene rings is 2. The average Bonchev–Trinajstić information content (AvgIpc) is 2.63. The number of nitriles is 1. The molecule has 1 heterocycles. The first-order chi connectivity index (χ1) is 11.8. The number of nitrogens with zero attached hydrogens (tertiary/aromatic N) is 2. The molecule has 0 unspecified atom stereocenters. The molecule has 0 aliphatic carbocycles. The fraction of sp³-hybridized carbons (Fsp3) is 0.0526. The van der Waals surface area contributed by atoms with Crippen LogP contribution in [0.3, 0.4) is 0 Å². The molecule has 118 valence electrons. The first kappa shape index (κ1) is 15.9. The summed E-state index contributed by atoms with van der Waals surface area (Å²) in [7, 11) is 1.81. The van der Waals surface area contributed by atoms with Crippen molar-refractivity contribution in [2.75, 3.05) is 12.4 Å². The lowest BCUT2D eigenvalue weighted by Crippen LogP contribution is -1.96. The van der Waals surface area contributed by atoms with Gasteiger partial charge in [-0.15, -0.1) is 0 Å². The summed E-state index contributed by atoms with van der Waals surface area (Å²) in [6.07, 6.45) is 1.80. The van der Waals surface area contributed by atoms with Gasteiger partial charge in [0.2, 0.25) is 0 Å². The monoisotopic (exact) mass is 333 g/mol. The van der Waals surface area contributed by atoms with Crippen LogP contribution in [-0.2, 0) is 0 Å². The second kappa shape index (κ2) is 7.53. The minimum Gasteiger partial charge on any atom is -0.453 e. The number of ether oxygens (including phenoxy) is 1. The number of para-hydroxylation sites is 1. The second-order valence-corrected chi connectivity index (χ2v) is 6.07. The van der Waals surface area contributed by atoms with Crippen LogP contribution in [0.5, 0.6) is 11.5 Å². The van der Waals surface area contributed by atoms with E-state index in [0.717, 1.165) is 15.5 Å². The summed E-state index contributed by atoms with van der Waals surface area (Å²) in [5, 5.41) is 11.9. The third-order valence-corrected chi connectivity index (χ3v) is 4.22. The van der Waals surface area contributed by atoms with Crippen LogP contribution in [0.2, 0.25) is 0 Å². The second-order valence-electron chi connectivity index (χ2n) is 4.92. The van der Waals surface area contributed by atoms with Gasteiger partial charge >= 0.3 is 0 Å². The third-order valence-electron chi connectivity index (χ3n) is 3.25. The molecular weight excluding hydrogens is 318 g/mol. The summed E-state index contributed by atoms with van der Waals surface area (Å²) in [6.45, 7) is 0. The molecule has 0 saturated carbocycles. The Morgan fingerprint density at radius 2 is 1.79 bits per heavy atom. The lowest BCUT2D eigenvalue weighted by Gasteiger charge is -2.11. The van der Waals surface area contributed by atoms with E-state index in [4.69, 9.17) is 10.00 Å². The standard InChI is InChI=1S/C19H15N3OS/c1-21-19-18(23-15-5-3-2-4-6-15)11-17(13-22-19)24-16-9-7-14(12-20)8-10-16/h2-11,13H,1H3,(H,21,22).